The lowest BCUT2D eigenvalue weighted by Gasteiger charge is -2.35. The van der Waals surface area contributed by atoms with E-state index in [0.29, 0.717) is 38.5 Å². The highest BCUT2D eigenvalue weighted by Gasteiger charge is 2.39. The molecule has 1 unspecified atom stereocenters. The second-order valence-corrected chi connectivity index (χ2v) is 7.89. The van der Waals surface area contributed by atoms with Gasteiger partial charge in [-0.15, -0.1) is 0 Å². The molecule has 1 aromatic carbocycles. The van der Waals surface area contributed by atoms with E-state index in [9.17, 15) is 14.4 Å². The van der Waals surface area contributed by atoms with Crippen molar-refractivity contribution in [1.29, 1.82) is 0 Å². The van der Waals surface area contributed by atoms with Crippen LogP contribution in [0.15, 0.2) is 22.7 Å². The average Bonchev–Trinajstić information content (AvgIpc) is 3.23. The number of H-pyrrole nitrogens is 1. The minimum atomic E-state index is -0.372. The number of carbonyl (C=O) groups excluding carboxylic acids is 3. The van der Waals surface area contributed by atoms with Crippen LogP contribution in [-0.4, -0.2) is 70.4 Å². The summed E-state index contributed by atoms with van der Waals surface area (Å²) in [6, 6.07) is 5.71. The van der Waals surface area contributed by atoms with Gasteiger partial charge in [0.1, 0.15) is 0 Å². The number of halogens is 1. The van der Waals surface area contributed by atoms with Gasteiger partial charge in [0, 0.05) is 55.9 Å². The number of hydrogen-bond donors (Lipinski definition) is 1. The molecule has 142 valence electrons. The Hall–Kier alpha value is -2.42. The van der Waals surface area contributed by atoms with Crippen molar-refractivity contribution in [3.05, 3.63) is 22.7 Å². The van der Waals surface area contributed by atoms with Crippen molar-refractivity contribution < 1.29 is 14.4 Å². The maximum absolute atomic E-state index is 12.9. The fourth-order valence-corrected chi connectivity index (χ4v) is 4.12. The summed E-state index contributed by atoms with van der Waals surface area (Å²) in [5, 5.41) is 8.09. The van der Waals surface area contributed by atoms with Gasteiger partial charge in [0.15, 0.2) is 5.82 Å². The Kier molecular flexibility index (Phi) is 4.63. The average molecular weight is 434 g/mol. The zero-order chi connectivity index (χ0) is 19.1. The lowest BCUT2D eigenvalue weighted by atomic mass is 10.1. The number of aromatic amines is 1. The number of anilines is 1. The van der Waals surface area contributed by atoms with E-state index in [1.54, 1.807) is 14.7 Å². The third-order valence-electron chi connectivity index (χ3n) is 5.27. The van der Waals surface area contributed by atoms with Crippen molar-refractivity contribution in [1.82, 2.24) is 20.0 Å². The molecule has 2 aliphatic rings. The number of amides is 3. The SMILES string of the molecule is CC(=O)N1CCN(C(=O)C2CC(=O)N(c3n[nH]c4cc(Br)ccc34)C2)CC1. The molecule has 4 rings (SSSR count). The van der Waals surface area contributed by atoms with Gasteiger partial charge in [-0.1, -0.05) is 15.9 Å². The van der Waals surface area contributed by atoms with Crippen molar-refractivity contribution >= 4 is 50.4 Å². The Morgan fingerprint density at radius 2 is 1.89 bits per heavy atom. The van der Waals surface area contributed by atoms with E-state index in [-0.39, 0.29) is 30.1 Å². The van der Waals surface area contributed by atoms with Crippen molar-refractivity contribution in [2.45, 2.75) is 13.3 Å². The Morgan fingerprint density at radius 1 is 1.19 bits per heavy atom. The first-order chi connectivity index (χ1) is 12.9. The number of hydrogen-bond acceptors (Lipinski definition) is 4. The Bertz CT molecular complexity index is 919. The number of nitrogens with one attached hydrogen (secondary N) is 1. The molecule has 8 nitrogen and oxygen atoms in total. The van der Waals surface area contributed by atoms with Crippen LogP contribution in [0.1, 0.15) is 13.3 Å². The molecule has 3 heterocycles. The van der Waals surface area contributed by atoms with Crippen LogP contribution in [-0.2, 0) is 14.4 Å². The largest absolute Gasteiger partial charge is 0.339 e. The van der Waals surface area contributed by atoms with Crippen LogP contribution >= 0.6 is 15.9 Å². The Balaban J connectivity index is 1.47. The predicted octanol–water partition coefficient (Wildman–Crippen LogP) is 1.37. The minimum Gasteiger partial charge on any atom is -0.339 e. The van der Waals surface area contributed by atoms with Gasteiger partial charge in [-0.2, -0.15) is 5.10 Å². The third kappa shape index (κ3) is 3.31. The van der Waals surface area contributed by atoms with Gasteiger partial charge >= 0.3 is 0 Å². The van der Waals surface area contributed by atoms with Crippen LogP contribution in [0.2, 0.25) is 0 Å². The lowest BCUT2D eigenvalue weighted by Crippen LogP contribution is -2.51. The van der Waals surface area contributed by atoms with Crippen LogP contribution < -0.4 is 4.90 Å². The minimum absolute atomic E-state index is 0.0170. The molecule has 0 spiro atoms. The summed E-state index contributed by atoms with van der Waals surface area (Å²) in [4.78, 5) is 42.0. The molecule has 0 saturated carbocycles. The molecular weight excluding hydrogens is 414 g/mol. The van der Waals surface area contributed by atoms with Crippen molar-refractivity contribution in [2.75, 3.05) is 37.6 Å². The zero-order valence-electron chi connectivity index (χ0n) is 14.9. The number of aromatic nitrogens is 2. The summed E-state index contributed by atoms with van der Waals surface area (Å²) in [7, 11) is 0. The van der Waals surface area contributed by atoms with E-state index < -0.39 is 0 Å². The predicted molar refractivity (Wildman–Crippen MR) is 103 cm³/mol. The monoisotopic (exact) mass is 433 g/mol. The molecule has 2 aliphatic heterocycles. The normalized spacial score (nSPS) is 20.6. The summed E-state index contributed by atoms with van der Waals surface area (Å²) in [6.07, 6.45) is 0.191. The van der Waals surface area contributed by atoms with Crippen molar-refractivity contribution in [3.8, 4) is 0 Å². The van der Waals surface area contributed by atoms with Crippen molar-refractivity contribution in [2.24, 2.45) is 5.92 Å². The van der Waals surface area contributed by atoms with Crippen LogP contribution in [0.5, 0.6) is 0 Å². The molecule has 1 aromatic heterocycles. The first-order valence-corrected chi connectivity index (χ1v) is 9.71. The Morgan fingerprint density at radius 3 is 2.59 bits per heavy atom. The quantitative estimate of drug-likeness (QED) is 0.774. The van der Waals surface area contributed by atoms with Gasteiger partial charge in [0.05, 0.1) is 11.4 Å². The molecule has 0 bridgehead atoms. The zero-order valence-corrected chi connectivity index (χ0v) is 16.5. The lowest BCUT2D eigenvalue weighted by molar-refractivity contribution is -0.141. The highest BCUT2D eigenvalue weighted by molar-refractivity contribution is 9.10. The molecule has 3 amide bonds. The van der Waals surface area contributed by atoms with E-state index in [1.165, 1.54) is 6.92 Å². The summed E-state index contributed by atoms with van der Waals surface area (Å²) in [5.41, 5.74) is 0.835. The van der Waals surface area contributed by atoms with Crippen LogP contribution in [0.4, 0.5) is 5.82 Å². The van der Waals surface area contributed by atoms with Crippen molar-refractivity contribution in [3.63, 3.8) is 0 Å². The molecule has 2 aromatic rings. The van der Waals surface area contributed by atoms with E-state index in [4.69, 9.17) is 0 Å². The second kappa shape index (κ2) is 6.95. The first-order valence-electron chi connectivity index (χ1n) is 8.92. The molecule has 1 atom stereocenters. The summed E-state index contributed by atoms with van der Waals surface area (Å²) < 4.78 is 0.927. The Labute approximate surface area is 164 Å². The van der Waals surface area contributed by atoms with Crippen LogP contribution in [0.3, 0.4) is 0 Å². The summed E-state index contributed by atoms with van der Waals surface area (Å²) in [6.45, 7) is 4.00. The molecule has 1 N–H and O–H groups in total. The van der Waals surface area contributed by atoms with Gasteiger partial charge < -0.3 is 9.80 Å². The number of carbonyl (C=O) groups is 3. The van der Waals surface area contributed by atoms with E-state index in [0.717, 1.165) is 15.4 Å². The summed E-state index contributed by atoms with van der Waals surface area (Å²) >= 11 is 3.42. The van der Waals surface area contributed by atoms with E-state index >= 15 is 0 Å². The highest BCUT2D eigenvalue weighted by Crippen LogP contribution is 2.31. The highest BCUT2D eigenvalue weighted by atomic mass is 79.9. The van der Waals surface area contributed by atoms with Crippen LogP contribution in [0, 0.1) is 5.92 Å². The summed E-state index contributed by atoms with van der Waals surface area (Å²) in [5.74, 6) is 0.118. The number of benzene rings is 1. The van der Waals surface area contributed by atoms with Gasteiger partial charge in [0.2, 0.25) is 17.7 Å². The molecule has 0 radical (unpaired) electrons. The third-order valence-corrected chi connectivity index (χ3v) is 5.76. The molecule has 2 saturated heterocycles. The number of fused-ring (bicyclic) bond motifs is 1. The van der Waals surface area contributed by atoms with Gasteiger partial charge in [-0.25, -0.2) is 0 Å². The van der Waals surface area contributed by atoms with Crippen LogP contribution in [0.25, 0.3) is 10.9 Å². The fourth-order valence-electron chi connectivity index (χ4n) is 3.76. The molecular formula is C18H20BrN5O3. The number of nitrogens with zero attached hydrogens (tertiary/aromatic N) is 4. The molecule has 0 aliphatic carbocycles. The second-order valence-electron chi connectivity index (χ2n) is 6.97. The fraction of sp³-hybridized carbons (Fsp3) is 0.444. The smallest absolute Gasteiger partial charge is 0.229 e. The number of piperazine rings is 1. The first kappa shape index (κ1) is 18.0. The molecule has 2 fully saturated rings. The van der Waals surface area contributed by atoms with E-state index in [1.807, 2.05) is 18.2 Å². The molecule has 27 heavy (non-hydrogen) atoms. The maximum Gasteiger partial charge on any atom is 0.229 e. The number of rotatable bonds is 2. The standard InChI is InChI=1S/C18H20BrN5O3/c1-11(25)22-4-6-23(7-5-22)18(27)12-8-16(26)24(10-12)17-14-3-2-13(19)9-15(14)20-21-17/h2-3,9,12H,4-8,10H2,1H3,(H,20,21). The van der Waals surface area contributed by atoms with Gasteiger partial charge in [-0.05, 0) is 18.2 Å². The van der Waals surface area contributed by atoms with E-state index in [2.05, 4.69) is 26.1 Å². The molecule has 9 heteroatoms. The van der Waals surface area contributed by atoms with Gasteiger partial charge in [0.25, 0.3) is 0 Å². The maximum atomic E-state index is 12.9. The van der Waals surface area contributed by atoms with Gasteiger partial charge in [-0.3, -0.25) is 24.4 Å². The topological polar surface area (TPSA) is 89.6 Å².